The smallest absolute Gasteiger partial charge is 0.316 e. The van der Waals surface area contributed by atoms with Gasteiger partial charge in [-0.2, -0.15) is 0 Å². The number of alkyl halides is 1. The number of halogens is 1. The number of pyridine rings is 1. The van der Waals surface area contributed by atoms with Crippen molar-refractivity contribution in [2.45, 2.75) is 5.88 Å². The van der Waals surface area contributed by atoms with Crippen molar-refractivity contribution in [3.05, 3.63) is 39.9 Å². The molecule has 2 rings (SSSR count). The molecule has 5 nitrogen and oxygen atoms in total. The molecule has 0 radical (unpaired) electrons. The molecule has 0 amide bonds. The Bertz CT molecular complexity index is 571. The Morgan fingerprint density at radius 2 is 2.12 bits per heavy atom. The maximum absolute atomic E-state index is 10.9. The molecule has 0 aliphatic heterocycles. The molecule has 2 N–H and O–H groups in total. The summed E-state index contributed by atoms with van der Waals surface area (Å²) in [5.74, 6) is -0.0665. The maximum Gasteiger partial charge on any atom is 0.316 e. The Morgan fingerprint density at radius 1 is 1.44 bits per heavy atom. The highest BCUT2D eigenvalue weighted by Crippen LogP contribution is 2.32. The second-order valence-electron chi connectivity index (χ2n) is 3.23. The van der Waals surface area contributed by atoms with E-state index in [1.807, 2.05) is 0 Å². The molecule has 82 valence electrons. The number of nitrogens with two attached hydrogens (primary N) is 1. The van der Waals surface area contributed by atoms with Crippen molar-refractivity contribution in [3.8, 4) is 0 Å². The van der Waals surface area contributed by atoms with Gasteiger partial charge in [0.25, 0.3) is 0 Å². The number of nitrogens with zero attached hydrogens (tertiary/aromatic N) is 2. The van der Waals surface area contributed by atoms with E-state index in [9.17, 15) is 10.1 Å². The number of nitro groups is 1. The van der Waals surface area contributed by atoms with Crippen LogP contribution < -0.4 is 5.73 Å². The zero-order valence-corrected chi connectivity index (χ0v) is 8.94. The van der Waals surface area contributed by atoms with Crippen LogP contribution in [0.3, 0.4) is 0 Å². The zero-order chi connectivity index (χ0) is 11.7. The van der Waals surface area contributed by atoms with E-state index in [0.717, 1.165) is 0 Å². The van der Waals surface area contributed by atoms with Crippen molar-refractivity contribution in [3.63, 3.8) is 0 Å². The van der Waals surface area contributed by atoms with Gasteiger partial charge in [0.05, 0.1) is 21.9 Å². The summed E-state index contributed by atoms with van der Waals surface area (Å²) in [6, 6.07) is 7.05. The Hall–Kier alpha value is -1.88. The minimum atomic E-state index is -0.549. The van der Waals surface area contributed by atoms with E-state index in [1.165, 1.54) is 0 Å². The SMILES string of the molecule is Nc1nc2ccccc2c(CCl)c1[N+](=O)[O-]. The number of hydrogen-bond acceptors (Lipinski definition) is 4. The Kier molecular flexibility index (Phi) is 2.62. The largest absolute Gasteiger partial charge is 0.378 e. The van der Waals surface area contributed by atoms with E-state index in [1.54, 1.807) is 24.3 Å². The molecular weight excluding hydrogens is 230 g/mol. The minimum absolute atomic E-state index is 0.0313. The van der Waals surface area contributed by atoms with Gasteiger partial charge >= 0.3 is 5.69 Å². The molecule has 6 heteroatoms. The first kappa shape index (κ1) is 10.6. The number of hydrogen-bond donors (Lipinski definition) is 1. The lowest BCUT2D eigenvalue weighted by molar-refractivity contribution is -0.384. The average Bonchev–Trinajstić information content (AvgIpc) is 2.26. The van der Waals surface area contributed by atoms with Gasteiger partial charge in [0.2, 0.25) is 5.82 Å². The molecule has 0 atom stereocenters. The summed E-state index contributed by atoms with van der Waals surface area (Å²) in [6.45, 7) is 0. The average molecular weight is 238 g/mol. The molecule has 0 saturated heterocycles. The van der Waals surface area contributed by atoms with Gasteiger partial charge in [-0.1, -0.05) is 18.2 Å². The molecule has 0 unspecified atom stereocenters. The molecule has 1 aromatic heterocycles. The Balaban J connectivity index is 2.90. The van der Waals surface area contributed by atoms with Crippen LogP contribution in [0.4, 0.5) is 11.5 Å². The summed E-state index contributed by atoms with van der Waals surface area (Å²) in [7, 11) is 0. The zero-order valence-electron chi connectivity index (χ0n) is 8.18. The summed E-state index contributed by atoms with van der Waals surface area (Å²) in [4.78, 5) is 14.3. The number of aromatic nitrogens is 1. The van der Waals surface area contributed by atoms with Gasteiger partial charge < -0.3 is 5.73 Å². The summed E-state index contributed by atoms with van der Waals surface area (Å²) >= 11 is 5.74. The third kappa shape index (κ3) is 1.55. The highest BCUT2D eigenvalue weighted by atomic mass is 35.5. The van der Waals surface area contributed by atoms with Gasteiger partial charge in [-0.3, -0.25) is 10.1 Å². The van der Waals surface area contributed by atoms with E-state index in [4.69, 9.17) is 17.3 Å². The lowest BCUT2D eigenvalue weighted by atomic mass is 10.1. The molecule has 0 bridgehead atoms. The van der Waals surface area contributed by atoms with E-state index >= 15 is 0 Å². The van der Waals surface area contributed by atoms with Gasteiger partial charge in [0.1, 0.15) is 0 Å². The van der Waals surface area contributed by atoms with Crippen LogP contribution in [0.1, 0.15) is 5.56 Å². The van der Waals surface area contributed by atoms with Crippen molar-refractivity contribution in [2.75, 3.05) is 5.73 Å². The Morgan fingerprint density at radius 3 is 2.75 bits per heavy atom. The minimum Gasteiger partial charge on any atom is -0.378 e. The fourth-order valence-corrected chi connectivity index (χ4v) is 1.90. The topological polar surface area (TPSA) is 82.0 Å². The van der Waals surface area contributed by atoms with Crippen LogP contribution in [0.15, 0.2) is 24.3 Å². The second-order valence-corrected chi connectivity index (χ2v) is 3.50. The van der Waals surface area contributed by atoms with Crippen LogP contribution in [0.2, 0.25) is 0 Å². The summed E-state index contributed by atoms with van der Waals surface area (Å²) in [5, 5.41) is 11.5. The molecule has 1 heterocycles. The molecule has 0 spiro atoms. The standard InChI is InChI=1S/C10H8ClN3O2/c11-5-7-6-3-1-2-4-8(6)13-10(12)9(7)14(15)16/h1-4H,5H2,(H2,12,13). The number of anilines is 1. The number of nitrogen functional groups attached to an aromatic ring is 1. The van der Waals surface area contributed by atoms with Crippen molar-refractivity contribution >= 4 is 34.0 Å². The van der Waals surface area contributed by atoms with Crippen LogP contribution in [0, 0.1) is 10.1 Å². The fourth-order valence-electron chi connectivity index (χ4n) is 1.63. The highest BCUT2D eigenvalue weighted by molar-refractivity contribution is 6.18. The lowest BCUT2D eigenvalue weighted by Gasteiger charge is -2.06. The Labute approximate surface area is 96.0 Å². The summed E-state index contributed by atoms with van der Waals surface area (Å²) < 4.78 is 0. The van der Waals surface area contributed by atoms with Gasteiger partial charge in [0, 0.05) is 5.39 Å². The van der Waals surface area contributed by atoms with Gasteiger partial charge in [-0.15, -0.1) is 11.6 Å². The van der Waals surface area contributed by atoms with E-state index in [2.05, 4.69) is 4.98 Å². The third-order valence-corrected chi connectivity index (χ3v) is 2.58. The molecule has 0 fully saturated rings. The monoisotopic (exact) mass is 237 g/mol. The van der Waals surface area contributed by atoms with Crippen LogP contribution in [0.5, 0.6) is 0 Å². The lowest BCUT2D eigenvalue weighted by Crippen LogP contribution is -2.03. The fraction of sp³-hybridized carbons (Fsp3) is 0.100. The first-order valence-electron chi connectivity index (χ1n) is 4.52. The number of benzene rings is 1. The van der Waals surface area contributed by atoms with Crippen LogP contribution in [-0.2, 0) is 5.88 Å². The number of rotatable bonds is 2. The van der Waals surface area contributed by atoms with Crippen LogP contribution in [0.25, 0.3) is 10.9 Å². The van der Waals surface area contributed by atoms with Crippen molar-refractivity contribution < 1.29 is 4.92 Å². The molecule has 0 saturated carbocycles. The van der Waals surface area contributed by atoms with Crippen molar-refractivity contribution in [1.82, 2.24) is 4.98 Å². The van der Waals surface area contributed by atoms with Gasteiger partial charge in [-0.25, -0.2) is 4.98 Å². The third-order valence-electron chi connectivity index (χ3n) is 2.31. The van der Waals surface area contributed by atoms with Gasteiger partial charge in [0.15, 0.2) is 0 Å². The van der Waals surface area contributed by atoms with Crippen LogP contribution in [-0.4, -0.2) is 9.91 Å². The quantitative estimate of drug-likeness (QED) is 0.494. The molecular formula is C10H8ClN3O2. The van der Waals surface area contributed by atoms with E-state index in [-0.39, 0.29) is 17.4 Å². The summed E-state index contributed by atoms with van der Waals surface area (Å²) in [6.07, 6.45) is 0. The predicted octanol–water partition coefficient (Wildman–Crippen LogP) is 2.46. The molecule has 0 aliphatic rings. The molecule has 1 aromatic carbocycles. The first-order valence-corrected chi connectivity index (χ1v) is 5.06. The highest BCUT2D eigenvalue weighted by Gasteiger charge is 2.21. The van der Waals surface area contributed by atoms with E-state index < -0.39 is 4.92 Å². The van der Waals surface area contributed by atoms with Crippen molar-refractivity contribution in [2.24, 2.45) is 0 Å². The predicted molar refractivity (Wildman–Crippen MR) is 62.4 cm³/mol. The molecule has 0 aliphatic carbocycles. The number of fused-ring (bicyclic) bond motifs is 1. The van der Waals surface area contributed by atoms with E-state index in [0.29, 0.717) is 16.5 Å². The van der Waals surface area contributed by atoms with Crippen molar-refractivity contribution in [1.29, 1.82) is 0 Å². The second kappa shape index (κ2) is 3.94. The molecule has 16 heavy (non-hydrogen) atoms. The maximum atomic E-state index is 10.9. The normalized spacial score (nSPS) is 10.6. The number of para-hydroxylation sites is 1. The van der Waals surface area contributed by atoms with Gasteiger partial charge in [-0.05, 0) is 6.07 Å². The summed E-state index contributed by atoms with van der Waals surface area (Å²) in [5.41, 5.74) is 6.38. The molecule has 2 aromatic rings. The van der Waals surface area contributed by atoms with Crippen LogP contribution >= 0.6 is 11.6 Å². The first-order chi connectivity index (χ1) is 7.65.